The Kier molecular flexibility index (Phi) is 4.97. The van der Waals surface area contributed by atoms with Gasteiger partial charge < -0.3 is 10.1 Å². The number of ether oxygens (including phenoxy) is 1. The van der Waals surface area contributed by atoms with Crippen LogP contribution >= 0.6 is 0 Å². The van der Waals surface area contributed by atoms with Gasteiger partial charge in [-0.15, -0.1) is 0 Å². The van der Waals surface area contributed by atoms with E-state index in [0.29, 0.717) is 6.61 Å². The summed E-state index contributed by atoms with van der Waals surface area (Å²) in [5.74, 6) is 0.803. The minimum atomic E-state index is 0.0989. The highest BCUT2D eigenvalue weighted by molar-refractivity contribution is 5.26. The maximum atomic E-state index is 5.79. The predicted octanol–water partition coefficient (Wildman–Crippen LogP) is 3.86. The second-order valence-corrected chi connectivity index (χ2v) is 6.30. The summed E-state index contributed by atoms with van der Waals surface area (Å²) in [6.07, 6.45) is 1.79. The molecule has 0 saturated heterocycles. The van der Waals surface area contributed by atoms with Crippen molar-refractivity contribution in [3.05, 3.63) is 59.4 Å². The third-order valence-corrected chi connectivity index (χ3v) is 3.25. The maximum Gasteiger partial charge on any atom is 0.138 e. The van der Waals surface area contributed by atoms with Gasteiger partial charge in [-0.25, -0.2) is 0 Å². The Morgan fingerprint density at radius 1 is 1.10 bits per heavy atom. The Hall–Kier alpha value is -1.87. The van der Waals surface area contributed by atoms with E-state index in [9.17, 15) is 0 Å². The normalized spacial score (nSPS) is 11.4. The van der Waals surface area contributed by atoms with E-state index in [1.54, 1.807) is 6.20 Å². The van der Waals surface area contributed by atoms with Crippen molar-refractivity contribution in [1.82, 2.24) is 10.3 Å². The van der Waals surface area contributed by atoms with Crippen LogP contribution in [0, 0.1) is 6.92 Å². The van der Waals surface area contributed by atoms with Gasteiger partial charge in [-0.3, -0.25) is 4.98 Å². The molecule has 0 aliphatic carbocycles. The number of nitrogens with one attached hydrogen (secondary N) is 1. The number of pyridine rings is 1. The van der Waals surface area contributed by atoms with Gasteiger partial charge in [0.25, 0.3) is 0 Å². The van der Waals surface area contributed by atoms with E-state index in [-0.39, 0.29) is 5.54 Å². The van der Waals surface area contributed by atoms with E-state index in [1.165, 1.54) is 11.1 Å². The summed E-state index contributed by atoms with van der Waals surface area (Å²) < 4.78 is 5.79. The van der Waals surface area contributed by atoms with Crippen molar-refractivity contribution in [2.75, 3.05) is 0 Å². The standard InChI is InChI=1S/C18H24N2O/c1-14-7-5-6-8-15(14)13-21-17-10-9-16(19-12-17)11-20-18(2,3)4/h5-10,12,20H,11,13H2,1-4H3. The van der Waals surface area contributed by atoms with Gasteiger partial charge in [0.1, 0.15) is 12.4 Å². The van der Waals surface area contributed by atoms with E-state index >= 15 is 0 Å². The molecule has 0 radical (unpaired) electrons. The molecule has 0 fully saturated rings. The van der Waals surface area contributed by atoms with E-state index < -0.39 is 0 Å². The van der Waals surface area contributed by atoms with Crippen LogP contribution < -0.4 is 10.1 Å². The molecule has 0 aliphatic heterocycles. The molecule has 3 heteroatoms. The van der Waals surface area contributed by atoms with E-state index in [4.69, 9.17) is 4.74 Å². The van der Waals surface area contributed by atoms with Crippen molar-refractivity contribution in [3.8, 4) is 5.75 Å². The molecule has 2 rings (SSSR count). The van der Waals surface area contributed by atoms with Gasteiger partial charge in [-0.05, 0) is 51.0 Å². The van der Waals surface area contributed by atoms with Crippen molar-refractivity contribution in [3.63, 3.8) is 0 Å². The second kappa shape index (κ2) is 6.72. The highest BCUT2D eigenvalue weighted by Crippen LogP contribution is 2.14. The monoisotopic (exact) mass is 284 g/mol. The van der Waals surface area contributed by atoms with Crippen LogP contribution in [0.15, 0.2) is 42.6 Å². The predicted molar refractivity (Wildman–Crippen MR) is 86.3 cm³/mol. The van der Waals surface area contributed by atoms with Crippen LogP contribution in [0.3, 0.4) is 0 Å². The Morgan fingerprint density at radius 3 is 2.48 bits per heavy atom. The summed E-state index contributed by atoms with van der Waals surface area (Å²) in [5.41, 5.74) is 3.57. The molecular formula is C18H24N2O. The SMILES string of the molecule is Cc1ccccc1COc1ccc(CNC(C)(C)C)nc1. The lowest BCUT2D eigenvalue weighted by Crippen LogP contribution is -2.35. The lowest BCUT2D eigenvalue weighted by molar-refractivity contribution is 0.304. The average molecular weight is 284 g/mol. The molecule has 0 bridgehead atoms. The molecule has 0 aliphatic rings. The third-order valence-electron chi connectivity index (χ3n) is 3.25. The molecule has 21 heavy (non-hydrogen) atoms. The molecule has 0 amide bonds. The Morgan fingerprint density at radius 2 is 1.86 bits per heavy atom. The summed E-state index contributed by atoms with van der Waals surface area (Å²) in [6.45, 7) is 9.87. The third kappa shape index (κ3) is 5.20. The zero-order valence-electron chi connectivity index (χ0n) is 13.3. The summed E-state index contributed by atoms with van der Waals surface area (Å²) in [5, 5.41) is 3.42. The summed E-state index contributed by atoms with van der Waals surface area (Å²) in [6, 6.07) is 12.2. The molecule has 1 aromatic carbocycles. The highest BCUT2D eigenvalue weighted by Gasteiger charge is 2.08. The Bertz CT molecular complexity index is 571. The Balaban J connectivity index is 1.89. The number of aryl methyl sites for hydroxylation is 1. The molecule has 0 unspecified atom stereocenters. The van der Waals surface area contributed by atoms with Gasteiger partial charge in [0.2, 0.25) is 0 Å². The average Bonchev–Trinajstić information content (AvgIpc) is 2.45. The van der Waals surface area contributed by atoms with Gasteiger partial charge in [0, 0.05) is 12.1 Å². The molecule has 0 saturated carbocycles. The number of hydrogen-bond donors (Lipinski definition) is 1. The fourth-order valence-electron chi connectivity index (χ4n) is 1.89. The number of hydrogen-bond acceptors (Lipinski definition) is 3. The zero-order chi connectivity index (χ0) is 15.3. The highest BCUT2D eigenvalue weighted by atomic mass is 16.5. The first kappa shape index (κ1) is 15.5. The van der Waals surface area contributed by atoms with Crippen molar-refractivity contribution in [1.29, 1.82) is 0 Å². The maximum absolute atomic E-state index is 5.79. The number of aromatic nitrogens is 1. The molecule has 112 valence electrons. The number of rotatable bonds is 5. The molecular weight excluding hydrogens is 260 g/mol. The first-order valence-electron chi connectivity index (χ1n) is 7.31. The minimum absolute atomic E-state index is 0.0989. The second-order valence-electron chi connectivity index (χ2n) is 6.30. The topological polar surface area (TPSA) is 34.1 Å². The Labute approximate surface area is 127 Å². The fourth-order valence-corrected chi connectivity index (χ4v) is 1.89. The van der Waals surface area contributed by atoms with Gasteiger partial charge in [0.15, 0.2) is 0 Å². The van der Waals surface area contributed by atoms with Crippen LogP contribution in [0.2, 0.25) is 0 Å². The van der Waals surface area contributed by atoms with Crippen LogP contribution in [0.4, 0.5) is 0 Å². The van der Waals surface area contributed by atoms with Gasteiger partial charge in [0.05, 0.1) is 11.9 Å². The first-order valence-corrected chi connectivity index (χ1v) is 7.31. The lowest BCUT2D eigenvalue weighted by atomic mass is 10.1. The molecule has 1 N–H and O–H groups in total. The molecule has 0 atom stereocenters. The first-order chi connectivity index (χ1) is 9.94. The van der Waals surface area contributed by atoms with Crippen LogP contribution in [-0.4, -0.2) is 10.5 Å². The molecule has 0 spiro atoms. The van der Waals surface area contributed by atoms with Crippen LogP contribution in [0.5, 0.6) is 5.75 Å². The molecule has 1 aromatic heterocycles. The van der Waals surface area contributed by atoms with E-state index in [1.807, 2.05) is 24.3 Å². The van der Waals surface area contributed by atoms with Crippen LogP contribution in [0.25, 0.3) is 0 Å². The van der Waals surface area contributed by atoms with E-state index in [2.05, 4.69) is 50.1 Å². The van der Waals surface area contributed by atoms with Crippen molar-refractivity contribution >= 4 is 0 Å². The number of nitrogens with zero attached hydrogens (tertiary/aromatic N) is 1. The summed E-state index contributed by atoms with van der Waals surface area (Å²) in [4.78, 5) is 4.43. The van der Waals surface area contributed by atoms with Crippen LogP contribution in [-0.2, 0) is 13.2 Å². The molecule has 2 aromatic rings. The minimum Gasteiger partial charge on any atom is -0.487 e. The smallest absolute Gasteiger partial charge is 0.138 e. The quantitative estimate of drug-likeness (QED) is 0.905. The van der Waals surface area contributed by atoms with Crippen molar-refractivity contribution in [2.45, 2.75) is 46.4 Å². The van der Waals surface area contributed by atoms with E-state index in [0.717, 1.165) is 18.0 Å². The van der Waals surface area contributed by atoms with Gasteiger partial charge in [-0.1, -0.05) is 24.3 Å². The summed E-state index contributed by atoms with van der Waals surface area (Å²) >= 11 is 0. The summed E-state index contributed by atoms with van der Waals surface area (Å²) in [7, 11) is 0. The van der Waals surface area contributed by atoms with Crippen molar-refractivity contribution in [2.24, 2.45) is 0 Å². The molecule has 1 heterocycles. The van der Waals surface area contributed by atoms with Gasteiger partial charge >= 0.3 is 0 Å². The molecule has 3 nitrogen and oxygen atoms in total. The number of benzene rings is 1. The van der Waals surface area contributed by atoms with Gasteiger partial charge in [-0.2, -0.15) is 0 Å². The van der Waals surface area contributed by atoms with Crippen molar-refractivity contribution < 1.29 is 4.74 Å². The lowest BCUT2D eigenvalue weighted by Gasteiger charge is -2.20. The fraction of sp³-hybridized carbons (Fsp3) is 0.389. The van der Waals surface area contributed by atoms with Crippen LogP contribution in [0.1, 0.15) is 37.6 Å². The largest absolute Gasteiger partial charge is 0.487 e. The zero-order valence-corrected chi connectivity index (χ0v) is 13.3.